The van der Waals surface area contributed by atoms with Gasteiger partial charge in [0.2, 0.25) is 0 Å². The van der Waals surface area contributed by atoms with Crippen molar-refractivity contribution in [2.24, 2.45) is 5.84 Å². The van der Waals surface area contributed by atoms with E-state index >= 15 is 0 Å². The van der Waals surface area contributed by atoms with Crippen molar-refractivity contribution in [3.8, 4) is 5.75 Å². The lowest BCUT2D eigenvalue weighted by Crippen LogP contribution is -2.60. The smallest absolute Gasteiger partial charge is 0.119 e. The molecule has 1 aliphatic heterocycles. The Balaban J connectivity index is 2.07. The highest BCUT2D eigenvalue weighted by Crippen LogP contribution is 2.17. The van der Waals surface area contributed by atoms with E-state index in [0.717, 1.165) is 31.8 Å². The summed E-state index contributed by atoms with van der Waals surface area (Å²) in [7, 11) is 6.04. The maximum absolute atomic E-state index is 5.80. The normalized spacial score (nSPS) is 22.7. The van der Waals surface area contributed by atoms with Gasteiger partial charge in [0, 0.05) is 31.7 Å². The Bertz CT molecular complexity index is 426. The Morgan fingerprint density at radius 3 is 2.90 bits per heavy atom. The number of nitrogens with zero attached hydrogens (tertiary/aromatic N) is 2. The molecule has 0 bridgehead atoms. The van der Waals surface area contributed by atoms with Crippen molar-refractivity contribution >= 4 is 0 Å². The Labute approximate surface area is 121 Å². The largest absolute Gasteiger partial charge is 0.497 e. The zero-order chi connectivity index (χ0) is 14.5. The van der Waals surface area contributed by atoms with Gasteiger partial charge in [0.1, 0.15) is 5.75 Å². The summed E-state index contributed by atoms with van der Waals surface area (Å²) in [5, 5.41) is 0. The summed E-state index contributed by atoms with van der Waals surface area (Å²) in [6.45, 7) is 3.23. The van der Waals surface area contributed by atoms with E-state index in [2.05, 4.69) is 41.5 Å². The van der Waals surface area contributed by atoms with Crippen LogP contribution in [0, 0.1) is 0 Å². The van der Waals surface area contributed by atoms with Gasteiger partial charge in [0.15, 0.2) is 0 Å². The zero-order valence-electron chi connectivity index (χ0n) is 12.7. The van der Waals surface area contributed by atoms with Gasteiger partial charge in [-0.05, 0) is 38.2 Å². The topological polar surface area (TPSA) is 53.8 Å². The molecule has 2 unspecified atom stereocenters. The maximum Gasteiger partial charge on any atom is 0.119 e. The molecule has 1 aromatic carbocycles. The third-order valence-corrected chi connectivity index (χ3v) is 4.17. The lowest BCUT2D eigenvalue weighted by atomic mass is 9.97. The predicted octanol–water partition coefficient (Wildman–Crippen LogP) is 0.315. The molecular formula is C15H26N4O. The van der Waals surface area contributed by atoms with Gasteiger partial charge in [0.25, 0.3) is 0 Å². The minimum atomic E-state index is 0.231. The summed E-state index contributed by atoms with van der Waals surface area (Å²) in [5.41, 5.74) is 4.24. The van der Waals surface area contributed by atoms with E-state index in [0.29, 0.717) is 6.04 Å². The van der Waals surface area contributed by atoms with Crippen LogP contribution in [-0.4, -0.2) is 62.7 Å². The number of rotatable bonds is 5. The van der Waals surface area contributed by atoms with E-state index in [-0.39, 0.29) is 6.04 Å². The number of ether oxygens (including phenoxy) is 1. The first-order valence-electron chi connectivity index (χ1n) is 7.12. The van der Waals surface area contributed by atoms with Gasteiger partial charge in [-0.15, -0.1) is 0 Å². The second-order valence-corrected chi connectivity index (χ2v) is 5.64. The minimum absolute atomic E-state index is 0.231. The molecule has 2 rings (SSSR count). The Morgan fingerprint density at radius 2 is 2.20 bits per heavy atom. The highest BCUT2D eigenvalue weighted by Gasteiger charge is 2.29. The minimum Gasteiger partial charge on any atom is -0.497 e. The van der Waals surface area contributed by atoms with Crippen LogP contribution in [0.25, 0.3) is 0 Å². The van der Waals surface area contributed by atoms with Crippen LogP contribution in [-0.2, 0) is 6.42 Å². The molecule has 1 aromatic rings. The molecule has 1 heterocycles. The third kappa shape index (κ3) is 3.70. The van der Waals surface area contributed by atoms with Gasteiger partial charge in [-0.2, -0.15) is 0 Å². The molecule has 0 radical (unpaired) electrons. The van der Waals surface area contributed by atoms with E-state index in [1.807, 2.05) is 12.1 Å². The van der Waals surface area contributed by atoms with Gasteiger partial charge >= 0.3 is 0 Å². The van der Waals surface area contributed by atoms with E-state index in [1.54, 1.807) is 7.11 Å². The van der Waals surface area contributed by atoms with Gasteiger partial charge in [-0.1, -0.05) is 12.1 Å². The van der Waals surface area contributed by atoms with Crippen molar-refractivity contribution in [2.75, 3.05) is 40.8 Å². The summed E-state index contributed by atoms with van der Waals surface area (Å²) >= 11 is 0. The number of benzene rings is 1. The van der Waals surface area contributed by atoms with Gasteiger partial charge in [-0.3, -0.25) is 16.2 Å². The van der Waals surface area contributed by atoms with Crippen LogP contribution in [0.1, 0.15) is 5.56 Å². The lowest BCUT2D eigenvalue weighted by molar-refractivity contribution is 0.0877. The summed E-state index contributed by atoms with van der Waals surface area (Å²) in [5.74, 6) is 6.70. The number of methoxy groups -OCH3 is 1. The number of hydrazine groups is 1. The van der Waals surface area contributed by atoms with Gasteiger partial charge in [0.05, 0.1) is 7.11 Å². The molecule has 0 aliphatic carbocycles. The fourth-order valence-electron chi connectivity index (χ4n) is 2.84. The van der Waals surface area contributed by atoms with E-state index in [4.69, 9.17) is 10.6 Å². The maximum atomic E-state index is 5.80. The average molecular weight is 278 g/mol. The summed E-state index contributed by atoms with van der Waals surface area (Å²) in [4.78, 5) is 4.76. The standard InChI is InChI=1S/C15H26N4O/c1-18-7-8-19(2)15(11-18)14(17-16)10-12-5-4-6-13(9-12)20-3/h4-6,9,14-15,17H,7-8,10-11,16H2,1-3H3. The fourth-order valence-corrected chi connectivity index (χ4v) is 2.84. The quantitative estimate of drug-likeness (QED) is 0.600. The number of likely N-dealkylation sites (N-methyl/N-ethyl adjacent to an activating group) is 2. The van der Waals surface area contributed by atoms with Crippen molar-refractivity contribution < 1.29 is 4.74 Å². The monoisotopic (exact) mass is 278 g/mol. The van der Waals surface area contributed by atoms with Crippen LogP contribution in [0.5, 0.6) is 5.75 Å². The molecule has 5 nitrogen and oxygen atoms in total. The molecule has 0 spiro atoms. The van der Waals surface area contributed by atoms with Gasteiger partial charge < -0.3 is 9.64 Å². The molecule has 1 fully saturated rings. The molecule has 20 heavy (non-hydrogen) atoms. The first-order chi connectivity index (χ1) is 9.63. The van der Waals surface area contributed by atoms with Crippen molar-refractivity contribution in [2.45, 2.75) is 18.5 Å². The van der Waals surface area contributed by atoms with Crippen molar-refractivity contribution in [1.29, 1.82) is 0 Å². The molecule has 0 amide bonds. The Hall–Kier alpha value is -1.14. The summed E-state index contributed by atoms with van der Waals surface area (Å²) in [6.07, 6.45) is 0.899. The van der Waals surface area contributed by atoms with Crippen molar-refractivity contribution in [1.82, 2.24) is 15.2 Å². The first-order valence-corrected chi connectivity index (χ1v) is 7.12. The Morgan fingerprint density at radius 1 is 1.40 bits per heavy atom. The molecule has 0 aromatic heterocycles. The molecule has 1 aliphatic rings. The second kappa shape index (κ2) is 7.04. The highest BCUT2D eigenvalue weighted by molar-refractivity contribution is 5.29. The zero-order valence-corrected chi connectivity index (χ0v) is 12.7. The van der Waals surface area contributed by atoms with Crippen LogP contribution >= 0.6 is 0 Å². The number of nitrogens with one attached hydrogen (secondary N) is 1. The van der Waals surface area contributed by atoms with E-state index in [9.17, 15) is 0 Å². The molecule has 1 saturated heterocycles. The SMILES string of the molecule is COc1cccc(CC(NN)C2CN(C)CCN2C)c1. The average Bonchev–Trinajstić information content (AvgIpc) is 2.47. The predicted molar refractivity (Wildman–Crippen MR) is 81.7 cm³/mol. The molecular weight excluding hydrogens is 252 g/mol. The number of piperazine rings is 1. The molecule has 3 N–H and O–H groups in total. The molecule has 0 saturated carbocycles. The molecule has 5 heteroatoms. The van der Waals surface area contributed by atoms with E-state index in [1.165, 1.54) is 5.56 Å². The molecule has 2 atom stereocenters. The van der Waals surface area contributed by atoms with Crippen LogP contribution in [0.15, 0.2) is 24.3 Å². The lowest BCUT2D eigenvalue weighted by Gasteiger charge is -2.41. The van der Waals surface area contributed by atoms with Crippen LogP contribution in [0.4, 0.5) is 0 Å². The van der Waals surface area contributed by atoms with Crippen molar-refractivity contribution in [3.05, 3.63) is 29.8 Å². The number of hydrogen-bond donors (Lipinski definition) is 2. The van der Waals surface area contributed by atoms with E-state index < -0.39 is 0 Å². The van der Waals surface area contributed by atoms with Crippen LogP contribution in [0.3, 0.4) is 0 Å². The highest BCUT2D eigenvalue weighted by atomic mass is 16.5. The summed E-state index contributed by atoms with van der Waals surface area (Å²) < 4.78 is 5.28. The summed E-state index contributed by atoms with van der Waals surface area (Å²) in [6, 6.07) is 8.85. The van der Waals surface area contributed by atoms with Crippen LogP contribution < -0.4 is 16.0 Å². The second-order valence-electron chi connectivity index (χ2n) is 5.64. The number of nitrogens with two attached hydrogens (primary N) is 1. The Kier molecular flexibility index (Phi) is 5.37. The fraction of sp³-hybridized carbons (Fsp3) is 0.600. The first kappa shape index (κ1) is 15.3. The third-order valence-electron chi connectivity index (χ3n) is 4.17. The van der Waals surface area contributed by atoms with Crippen molar-refractivity contribution in [3.63, 3.8) is 0 Å². The molecule has 112 valence electrons. The van der Waals surface area contributed by atoms with Gasteiger partial charge in [-0.25, -0.2) is 0 Å². The van der Waals surface area contributed by atoms with Crippen LogP contribution in [0.2, 0.25) is 0 Å². The number of hydrogen-bond acceptors (Lipinski definition) is 5.